The highest BCUT2D eigenvalue weighted by molar-refractivity contribution is 6.33. The van der Waals surface area contributed by atoms with Crippen LogP contribution in [-0.4, -0.2) is 19.0 Å². The molecule has 3 aromatic rings. The van der Waals surface area contributed by atoms with Crippen LogP contribution in [0.4, 0.5) is 11.4 Å². The number of anilines is 1. The summed E-state index contributed by atoms with van der Waals surface area (Å²) in [5.41, 5.74) is 2.83. The van der Waals surface area contributed by atoms with Crippen molar-refractivity contribution in [1.82, 2.24) is 0 Å². The van der Waals surface area contributed by atoms with Gasteiger partial charge in [0, 0.05) is 16.6 Å². The number of aliphatic imine (C=N–C) groups is 1. The summed E-state index contributed by atoms with van der Waals surface area (Å²) in [7, 11) is 0. The van der Waals surface area contributed by atoms with E-state index in [9.17, 15) is 0 Å². The number of hydrogen-bond acceptors (Lipinski definition) is 4. The molecular weight excluding hydrogens is 372 g/mol. The van der Waals surface area contributed by atoms with E-state index in [4.69, 9.17) is 26.1 Å². The third-order valence-electron chi connectivity index (χ3n) is 4.51. The Bertz CT molecular complexity index is 1050. The number of halogens is 1. The Labute approximate surface area is 170 Å². The second kappa shape index (κ2) is 7.72. The number of hydrogen-bond donors (Lipinski definition) is 1. The van der Waals surface area contributed by atoms with Gasteiger partial charge in [-0.3, -0.25) is 0 Å². The molecular formula is C23H23ClN2O2. The van der Waals surface area contributed by atoms with Crippen LogP contribution in [0.5, 0.6) is 11.5 Å². The standard InChI is InChI=1S/C23H23ClN2O2/c1-4-27-20-12-16(11-17(24)22(20)28-13-14(2)3)23-25-18-9-5-7-15-8-6-10-19(26-23)21(15)18/h5-12,14H,4,13H2,1-3H3,(H,25,26). The zero-order valence-electron chi connectivity index (χ0n) is 16.3. The lowest BCUT2D eigenvalue weighted by atomic mass is 10.0. The van der Waals surface area contributed by atoms with Crippen molar-refractivity contribution in [1.29, 1.82) is 0 Å². The third kappa shape index (κ3) is 3.52. The molecule has 28 heavy (non-hydrogen) atoms. The number of nitrogens with zero attached hydrogens (tertiary/aromatic N) is 1. The highest BCUT2D eigenvalue weighted by Crippen LogP contribution is 2.40. The minimum Gasteiger partial charge on any atom is -0.490 e. The smallest absolute Gasteiger partial charge is 0.179 e. The van der Waals surface area contributed by atoms with Crippen molar-refractivity contribution in [2.24, 2.45) is 10.9 Å². The van der Waals surface area contributed by atoms with Crippen LogP contribution >= 0.6 is 11.6 Å². The van der Waals surface area contributed by atoms with E-state index in [0.29, 0.717) is 35.7 Å². The summed E-state index contributed by atoms with van der Waals surface area (Å²) in [6, 6.07) is 16.1. The van der Waals surface area contributed by atoms with Crippen molar-refractivity contribution < 1.29 is 9.47 Å². The maximum atomic E-state index is 6.57. The Balaban J connectivity index is 1.77. The topological polar surface area (TPSA) is 42.8 Å². The van der Waals surface area contributed by atoms with Gasteiger partial charge in [0.25, 0.3) is 0 Å². The fourth-order valence-corrected chi connectivity index (χ4v) is 3.55. The Morgan fingerprint density at radius 1 is 1.07 bits per heavy atom. The van der Waals surface area contributed by atoms with Gasteiger partial charge in [-0.25, -0.2) is 4.99 Å². The first kappa shape index (κ1) is 18.6. The van der Waals surface area contributed by atoms with Crippen molar-refractivity contribution in [3.05, 3.63) is 59.1 Å². The van der Waals surface area contributed by atoms with Crippen LogP contribution in [-0.2, 0) is 0 Å². The van der Waals surface area contributed by atoms with Gasteiger partial charge in [0.05, 0.1) is 23.9 Å². The Morgan fingerprint density at radius 3 is 2.61 bits per heavy atom. The molecule has 0 bridgehead atoms. The second-order valence-corrected chi connectivity index (χ2v) is 7.60. The van der Waals surface area contributed by atoms with E-state index in [1.807, 2.05) is 37.3 Å². The van der Waals surface area contributed by atoms with Crippen molar-refractivity contribution in [3.63, 3.8) is 0 Å². The summed E-state index contributed by atoms with van der Waals surface area (Å²) < 4.78 is 11.7. The van der Waals surface area contributed by atoms with Gasteiger partial charge in [0.2, 0.25) is 0 Å². The maximum absolute atomic E-state index is 6.57. The first-order valence-corrected chi connectivity index (χ1v) is 9.91. The molecule has 144 valence electrons. The van der Waals surface area contributed by atoms with Crippen molar-refractivity contribution in [3.8, 4) is 11.5 Å². The van der Waals surface area contributed by atoms with Crippen molar-refractivity contribution >= 4 is 39.6 Å². The first-order valence-electron chi connectivity index (χ1n) is 9.53. The quantitative estimate of drug-likeness (QED) is 0.523. The Kier molecular flexibility index (Phi) is 5.14. The fraction of sp³-hybridized carbons (Fsp3) is 0.261. The molecule has 4 nitrogen and oxygen atoms in total. The average Bonchev–Trinajstić information content (AvgIpc) is 2.67. The van der Waals surface area contributed by atoms with Crippen LogP contribution in [0, 0.1) is 5.92 Å². The monoisotopic (exact) mass is 394 g/mol. The van der Waals surface area contributed by atoms with Crippen LogP contribution < -0.4 is 14.8 Å². The molecule has 0 saturated heterocycles. The number of nitrogens with one attached hydrogen (secondary N) is 1. The van der Waals surface area contributed by atoms with Crippen LogP contribution in [0.1, 0.15) is 26.3 Å². The SMILES string of the molecule is CCOc1cc(C2=Nc3cccc4cccc(c34)N2)cc(Cl)c1OCC(C)C. The van der Waals surface area contributed by atoms with Crippen LogP contribution in [0.3, 0.4) is 0 Å². The largest absolute Gasteiger partial charge is 0.490 e. The number of benzene rings is 3. The molecule has 0 radical (unpaired) electrons. The van der Waals surface area contributed by atoms with E-state index >= 15 is 0 Å². The van der Waals surface area contributed by atoms with Crippen LogP contribution in [0.25, 0.3) is 10.8 Å². The minimum atomic E-state index is 0.395. The summed E-state index contributed by atoms with van der Waals surface area (Å²) in [4.78, 5) is 4.83. The average molecular weight is 395 g/mol. The van der Waals surface area contributed by atoms with E-state index in [1.165, 1.54) is 0 Å². The third-order valence-corrected chi connectivity index (χ3v) is 4.79. The normalized spacial score (nSPS) is 12.7. The molecule has 3 aromatic carbocycles. The lowest BCUT2D eigenvalue weighted by Crippen LogP contribution is -2.17. The van der Waals surface area contributed by atoms with Crippen LogP contribution in [0.15, 0.2) is 53.5 Å². The minimum absolute atomic E-state index is 0.395. The molecule has 0 aliphatic carbocycles. The summed E-state index contributed by atoms with van der Waals surface area (Å²) in [6.45, 7) is 7.25. The predicted octanol–water partition coefficient (Wildman–Crippen LogP) is 6.43. The number of amidine groups is 1. The fourth-order valence-electron chi connectivity index (χ4n) is 3.29. The van der Waals surface area contributed by atoms with Gasteiger partial charge in [-0.05, 0) is 42.5 Å². The highest BCUT2D eigenvalue weighted by Gasteiger charge is 2.19. The molecule has 4 rings (SSSR count). The molecule has 0 atom stereocenters. The van der Waals surface area contributed by atoms with Gasteiger partial charge in [-0.15, -0.1) is 0 Å². The second-order valence-electron chi connectivity index (χ2n) is 7.19. The molecule has 1 heterocycles. The zero-order chi connectivity index (χ0) is 19.7. The number of ether oxygens (including phenoxy) is 2. The van der Waals surface area contributed by atoms with E-state index in [1.54, 1.807) is 0 Å². The molecule has 1 aliphatic heterocycles. The Hall–Kier alpha value is -2.72. The highest BCUT2D eigenvalue weighted by atomic mass is 35.5. The van der Waals surface area contributed by atoms with Crippen LogP contribution in [0.2, 0.25) is 5.02 Å². The maximum Gasteiger partial charge on any atom is 0.179 e. The number of rotatable bonds is 6. The van der Waals surface area contributed by atoms with E-state index in [-0.39, 0.29) is 0 Å². The van der Waals surface area contributed by atoms with Crippen molar-refractivity contribution in [2.45, 2.75) is 20.8 Å². The van der Waals surface area contributed by atoms with Gasteiger partial charge in [0.1, 0.15) is 5.84 Å². The first-order chi connectivity index (χ1) is 13.6. The molecule has 0 aromatic heterocycles. The predicted molar refractivity (Wildman–Crippen MR) is 117 cm³/mol. The molecule has 1 N–H and O–H groups in total. The molecule has 1 aliphatic rings. The van der Waals surface area contributed by atoms with Gasteiger partial charge in [0.15, 0.2) is 11.5 Å². The molecule has 0 unspecified atom stereocenters. The molecule has 0 saturated carbocycles. The van der Waals surface area contributed by atoms with Gasteiger partial charge >= 0.3 is 0 Å². The summed E-state index contributed by atoms with van der Waals surface area (Å²) in [5, 5.41) is 6.24. The van der Waals surface area contributed by atoms with E-state index < -0.39 is 0 Å². The van der Waals surface area contributed by atoms with E-state index in [2.05, 4.69) is 37.4 Å². The Morgan fingerprint density at radius 2 is 1.86 bits per heavy atom. The summed E-state index contributed by atoms with van der Waals surface area (Å²) in [6.07, 6.45) is 0. The van der Waals surface area contributed by atoms with Crippen molar-refractivity contribution in [2.75, 3.05) is 18.5 Å². The van der Waals surface area contributed by atoms with Gasteiger partial charge in [-0.2, -0.15) is 0 Å². The molecule has 0 amide bonds. The summed E-state index contributed by atoms with van der Waals surface area (Å²) >= 11 is 6.57. The zero-order valence-corrected chi connectivity index (χ0v) is 17.0. The molecule has 0 spiro atoms. The van der Waals surface area contributed by atoms with Gasteiger partial charge in [-0.1, -0.05) is 49.7 Å². The lowest BCUT2D eigenvalue weighted by Gasteiger charge is -2.21. The molecule has 5 heteroatoms. The van der Waals surface area contributed by atoms with Gasteiger partial charge < -0.3 is 14.8 Å². The lowest BCUT2D eigenvalue weighted by molar-refractivity contribution is 0.248. The summed E-state index contributed by atoms with van der Waals surface area (Å²) in [5.74, 6) is 2.35. The molecule has 0 fully saturated rings. The van der Waals surface area contributed by atoms with E-state index in [0.717, 1.165) is 33.5 Å².